The molecule has 0 unspecified atom stereocenters. The third kappa shape index (κ3) is 3.42. The molecule has 1 saturated heterocycles. The van der Waals surface area contributed by atoms with Gasteiger partial charge in [0.05, 0.1) is 6.61 Å². The van der Waals surface area contributed by atoms with Gasteiger partial charge in [-0.25, -0.2) is 9.59 Å². The molecule has 132 valence electrons. The van der Waals surface area contributed by atoms with Crippen molar-refractivity contribution in [3.8, 4) is 0 Å². The number of halogens is 2. The molecule has 0 aromatic carbocycles. The smallest absolute Gasteiger partial charge is 0.413 e. The summed E-state index contributed by atoms with van der Waals surface area (Å²) in [6, 6.07) is 1.08. The van der Waals surface area contributed by atoms with Gasteiger partial charge in [-0.05, 0) is 6.07 Å². The molecule has 1 amide bonds. The highest BCUT2D eigenvalue weighted by Gasteiger charge is 2.59. The van der Waals surface area contributed by atoms with Crippen LogP contribution in [0.15, 0.2) is 29.7 Å². The Morgan fingerprint density at radius 1 is 1.62 bits per heavy atom. The molecule has 9 nitrogen and oxygen atoms in total. The molecule has 0 saturated carbocycles. The van der Waals surface area contributed by atoms with Gasteiger partial charge in [-0.1, -0.05) is 12.7 Å². The largest absolute Gasteiger partial charge is 0.445 e. The Hall–Kier alpha value is -2.37. The second-order valence-corrected chi connectivity index (χ2v) is 4.84. The zero-order valence-corrected chi connectivity index (χ0v) is 12.3. The average Bonchev–Trinajstić information content (AvgIpc) is 2.76. The molecule has 0 radical (unpaired) electrons. The predicted molar refractivity (Wildman–Crippen MR) is 75.6 cm³/mol. The summed E-state index contributed by atoms with van der Waals surface area (Å²) in [6.45, 7) is 2.44. The van der Waals surface area contributed by atoms with Crippen LogP contribution in [0.4, 0.5) is 19.4 Å². The van der Waals surface area contributed by atoms with Crippen molar-refractivity contribution in [3.05, 3.63) is 35.4 Å². The summed E-state index contributed by atoms with van der Waals surface area (Å²) < 4.78 is 37.9. The molecule has 1 aliphatic heterocycles. The summed E-state index contributed by atoms with van der Waals surface area (Å²) in [5.41, 5.74) is -1.15. The second kappa shape index (κ2) is 7.03. The maximum absolute atomic E-state index is 14.0. The summed E-state index contributed by atoms with van der Waals surface area (Å²) >= 11 is 0. The first-order valence-electron chi connectivity index (χ1n) is 6.77. The van der Waals surface area contributed by atoms with Crippen molar-refractivity contribution in [1.82, 2.24) is 9.55 Å². The van der Waals surface area contributed by atoms with Crippen molar-refractivity contribution in [2.75, 3.05) is 18.5 Å². The van der Waals surface area contributed by atoms with Gasteiger partial charge in [0.15, 0.2) is 6.10 Å². The molecule has 2 rings (SSSR count). The van der Waals surface area contributed by atoms with Crippen LogP contribution in [0.1, 0.15) is 6.23 Å². The van der Waals surface area contributed by atoms with E-state index in [2.05, 4.69) is 21.6 Å². The number of nitrogens with one attached hydrogen (secondary N) is 1. The minimum atomic E-state index is -3.81. The molecule has 1 aliphatic rings. The van der Waals surface area contributed by atoms with Gasteiger partial charge in [-0.2, -0.15) is 13.8 Å². The maximum atomic E-state index is 14.0. The SMILES string of the molecule is C=CCOC(=O)Nc1ccn([C@@H]2O[C@H](CO)[C@H](O)C2(F)F)c(=O)n1. The molecule has 1 aromatic rings. The summed E-state index contributed by atoms with van der Waals surface area (Å²) in [4.78, 5) is 26.6. The Kier molecular flexibility index (Phi) is 5.26. The van der Waals surface area contributed by atoms with Crippen LogP contribution in [-0.4, -0.2) is 57.2 Å². The monoisotopic (exact) mass is 347 g/mol. The molecule has 3 atom stereocenters. The van der Waals surface area contributed by atoms with E-state index in [1.54, 1.807) is 0 Å². The van der Waals surface area contributed by atoms with Crippen LogP contribution in [-0.2, 0) is 9.47 Å². The number of hydrogen-bond donors (Lipinski definition) is 3. The van der Waals surface area contributed by atoms with Crippen molar-refractivity contribution >= 4 is 11.9 Å². The number of carbonyl (C=O) groups excluding carboxylic acids is 1. The zero-order chi connectivity index (χ0) is 17.9. The number of alkyl halides is 2. The van der Waals surface area contributed by atoms with Crippen molar-refractivity contribution < 1.29 is 33.3 Å². The van der Waals surface area contributed by atoms with Crippen LogP contribution in [0.25, 0.3) is 0 Å². The number of anilines is 1. The summed E-state index contributed by atoms with van der Waals surface area (Å²) in [7, 11) is 0. The molecule has 1 aromatic heterocycles. The average molecular weight is 347 g/mol. The van der Waals surface area contributed by atoms with Gasteiger partial charge in [0.2, 0.25) is 6.23 Å². The maximum Gasteiger partial charge on any atom is 0.413 e. The number of carbonyl (C=O) groups is 1. The molecule has 3 N–H and O–H groups in total. The minimum Gasteiger partial charge on any atom is -0.445 e. The zero-order valence-electron chi connectivity index (χ0n) is 12.3. The standard InChI is InChI=1S/C13H15F2N3O6/c1-2-5-23-12(22)17-8-3-4-18(11(21)16-8)10-13(14,15)9(20)7(6-19)24-10/h2-4,7,9-10,19-20H,1,5-6H2,(H,16,17,21,22)/t7-,9+,10-/m1/s1. The molecule has 2 heterocycles. The molecule has 0 spiro atoms. The summed E-state index contributed by atoms with van der Waals surface area (Å²) in [6.07, 6.45) is -4.60. The molecular weight excluding hydrogens is 332 g/mol. The molecular formula is C13H15F2N3O6. The van der Waals surface area contributed by atoms with Crippen molar-refractivity contribution in [3.63, 3.8) is 0 Å². The lowest BCUT2D eigenvalue weighted by Gasteiger charge is -2.21. The van der Waals surface area contributed by atoms with Crippen molar-refractivity contribution in [2.45, 2.75) is 24.4 Å². The normalized spacial score (nSPS) is 25.2. The first kappa shape index (κ1) is 18.0. The van der Waals surface area contributed by atoms with E-state index in [0.717, 1.165) is 12.3 Å². The highest BCUT2D eigenvalue weighted by atomic mass is 19.3. The van der Waals surface area contributed by atoms with Gasteiger partial charge in [0, 0.05) is 6.20 Å². The van der Waals surface area contributed by atoms with E-state index < -0.39 is 42.7 Å². The number of ether oxygens (including phenoxy) is 2. The van der Waals surface area contributed by atoms with Gasteiger partial charge in [-0.15, -0.1) is 0 Å². The fourth-order valence-electron chi connectivity index (χ4n) is 2.05. The van der Waals surface area contributed by atoms with Gasteiger partial charge in [-0.3, -0.25) is 9.88 Å². The van der Waals surface area contributed by atoms with E-state index in [-0.39, 0.29) is 12.4 Å². The second-order valence-electron chi connectivity index (χ2n) is 4.84. The number of amides is 1. The molecule has 11 heteroatoms. The highest BCUT2D eigenvalue weighted by molar-refractivity contribution is 5.83. The molecule has 0 bridgehead atoms. The number of hydrogen-bond acceptors (Lipinski definition) is 7. The molecule has 24 heavy (non-hydrogen) atoms. The fraction of sp³-hybridized carbons (Fsp3) is 0.462. The van der Waals surface area contributed by atoms with Crippen LogP contribution in [0.5, 0.6) is 0 Å². The highest BCUT2D eigenvalue weighted by Crippen LogP contribution is 2.41. The first-order chi connectivity index (χ1) is 11.3. The van der Waals surface area contributed by atoms with Crippen LogP contribution in [0.3, 0.4) is 0 Å². The van der Waals surface area contributed by atoms with Gasteiger partial charge in [0.25, 0.3) is 0 Å². The van der Waals surface area contributed by atoms with Crippen molar-refractivity contribution in [2.24, 2.45) is 0 Å². The van der Waals surface area contributed by atoms with E-state index in [1.165, 1.54) is 6.08 Å². The van der Waals surface area contributed by atoms with E-state index in [4.69, 9.17) is 9.84 Å². The minimum absolute atomic E-state index is 0.0640. The lowest BCUT2D eigenvalue weighted by Crippen LogP contribution is -2.41. The number of nitrogens with zero attached hydrogens (tertiary/aromatic N) is 2. The molecule has 0 aliphatic carbocycles. The Bertz CT molecular complexity index is 680. The Labute approximate surface area is 134 Å². The first-order valence-corrected chi connectivity index (χ1v) is 6.77. The molecule has 1 fully saturated rings. The van der Waals surface area contributed by atoms with Crippen LogP contribution in [0.2, 0.25) is 0 Å². The van der Waals surface area contributed by atoms with E-state index in [9.17, 15) is 23.5 Å². The predicted octanol–water partition coefficient (Wildman–Crippen LogP) is -0.136. The van der Waals surface area contributed by atoms with Crippen LogP contribution in [0, 0.1) is 0 Å². The van der Waals surface area contributed by atoms with E-state index in [1.807, 2.05) is 0 Å². The third-order valence-electron chi connectivity index (χ3n) is 3.20. The lowest BCUT2D eigenvalue weighted by molar-refractivity contribution is -0.140. The van der Waals surface area contributed by atoms with Crippen molar-refractivity contribution in [1.29, 1.82) is 0 Å². The third-order valence-corrected chi connectivity index (χ3v) is 3.20. The van der Waals surface area contributed by atoms with E-state index >= 15 is 0 Å². The number of aromatic nitrogens is 2. The van der Waals surface area contributed by atoms with Gasteiger partial charge < -0.3 is 19.7 Å². The van der Waals surface area contributed by atoms with Crippen LogP contribution < -0.4 is 11.0 Å². The number of rotatable bonds is 5. The Balaban J connectivity index is 2.20. The summed E-state index contributed by atoms with van der Waals surface area (Å²) in [5.74, 6) is -4.03. The van der Waals surface area contributed by atoms with Crippen LogP contribution >= 0.6 is 0 Å². The van der Waals surface area contributed by atoms with Gasteiger partial charge in [0.1, 0.15) is 18.5 Å². The van der Waals surface area contributed by atoms with E-state index in [0.29, 0.717) is 4.57 Å². The summed E-state index contributed by atoms with van der Waals surface area (Å²) in [5, 5.41) is 20.5. The lowest BCUT2D eigenvalue weighted by atomic mass is 10.1. The fourth-order valence-corrected chi connectivity index (χ4v) is 2.05. The Morgan fingerprint density at radius 2 is 2.33 bits per heavy atom. The number of aliphatic hydroxyl groups is 2. The Morgan fingerprint density at radius 3 is 2.88 bits per heavy atom. The topological polar surface area (TPSA) is 123 Å². The quantitative estimate of drug-likeness (QED) is 0.634. The number of aliphatic hydroxyl groups excluding tert-OH is 2. The van der Waals surface area contributed by atoms with Gasteiger partial charge >= 0.3 is 17.7 Å².